The number of hydrogen-bond acceptors (Lipinski definition) is 4. The Labute approximate surface area is 142 Å². The van der Waals surface area contributed by atoms with Crippen LogP contribution in [0.15, 0.2) is 40.9 Å². The van der Waals surface area contributed by atoms with Gasteiger partial charge in [-0.2, -0.15) is 5.26 Å². The minimum atomic E-state index is -0.379. The third-order valence-electron chi connectivity index (χ3n) is 2.85. The van der Waals surface area contributed by atoms with Gasteiger partial charge >= 0.3 is 0 Å². The number of alkyl halides is 1. The van der Waals surface area contributed by atoms with Crippen LogP contribution in [0.3, 0.4) is 0 Å². The molecule has 0 bridgehead atoms. The minimum Gasteiger partial charge on any atom is -0.497 e. The first-order chi connectivity index (χ1) is 11.0. The Balaban J connectivity index is 0.00000127. The van der Waals surface area contributed by atoms with Crippen molar-refractivity contribution in [2.24, 2.45) is 0 Å². The second kappa shape index (κ2) is 8.76. The maximum Gasteiger partial charge on any atom is 0.257 e. The van der Waals surface area contributed by atoms with E-state index in [4.69, 9.17) is 15.7 Å². The second-order valence-corrected chi connectivity index (χ2v) is 5.07. The lowest BCUT2D eigenvalue weighted by molar-refractivity contribution is 0.102. The molecule has 0 heterocycles. The highest BCUT2D eigenvalue weighted by Gasteiger charge is 2.14. The van der Waals surface area contributed by atoms with Crippen molar-refractivity contribution in [1.82, 2.24) is 0 Å². The van der Waals surface area contributed by atoms with Gasteiger partial charge in [0.2, 0.25) is 0 Å². The zero-order valence-electron chi connectivity index (χ0n) is 12.6. The van der Waals surface area contributed by atoms with Gasteiger partial charge in [0.15, 0.2) is 0 Å². The van der Waals surface area contributed by atoms with Crippen molar-refractivity contribution in [1.29, 1.82) is 5.26 Å². The number of rotatable bonds is 3. The number of nitriles is 1. The number of halogens is 2. The van der Waals surface area contributed by atoms with Crippen LogP contribution in [-0.2, 0) is 0 Å². The average molecular weight is 380 g/mol. The van der Waals surface area contributed by atoms with Crippen LogP contribution >= 0.6 is 15.9 Å². The fourth-order valence-corrected chi connectivity index (χ4v) is 2.20. The SMILES string of the molecule is CF.COc1ccc(NC(=O)c2cc(C#N)cc(Br)c2N)cc1. The average Bonchev–Trinajstić information content (AvgIpc) is 2.59. The number of carbonyl (C=O) groups is 1. The summed E-state index contributed by atoms with van der Waals surface area (Å²) in [6.07, 6.45) is 0. The molecule has 120 valence electrons. The van der Waals surface area contributed by atoms with Crippen LogP contribution in [0.4, 0.5) is 15.8 Å². The van der Waals surface area contributed by atoms with Gasteiger partial charge in [0, 0.05) is 10.2 Å². The van der Waals surface area contributed by atoms with Gasteiger partial charge in [-0.25, -0.2) is 0 Å². The van der Waals surface area contributed by atoms with Gasteiger partial charge in [0.05, 0.1) is 37.2 Å². The molecule has 5 nitrogen and oxygen atoms in total. The molecule has 3 N–H and O–H groups in total. The number of anilines is 2. The number of nitrogens with zero attached hydrogens (tertiary/aromatic N) is 1. The molecule has 2 aromatic rings. The Hall–Kier alpha value is -2.59. The van der Waals surface area contributed by atoms with Crippen LogP contribution in [0.5, 0.6) is 5.75 Å². The topological polar surface area (TPSA) is 88.1 Å². The molecular weight excluding hydrogens is 365 g/mol. The zero-order chi connectivity index (χ0) is 17.4. The summed E-state index contributed by atoms with van der Waals surface area (Å²) in [5, 5.41) is 11.7. The number of hydrogen-bond donors (Lipinski definition) is 2. The Morgan fingerprint density at radius 1 is 1.30 bits per heavy atom. The van der Waals surface area contributed by atoms with E-state index in [1.54, 1.807) is 37.4 Å². The molecule has 0 radical (unpaired) electrons. The molecule has 0 aliphatic rings. The number of carbonyl (C=O) groups excluding carboxylic acids is 1. The Morgan fingerprint density at radius 2 is 1.91 bits per heavy atom. The number of methoxy groups -OCH3 is 1. The lowest BCUT2D eigenvalue weighted by Crippen LogP contribution is -2.14. The first-order valence-corrected chi connectivity index (χ1v) is 7.16. The standard InChI is InChI=1S/C15H12BrN3O2.CH3F/c1-21-11-4-2-10(3-5-11)19-15(20)12-6-9(8-17)7-13(16)14(12)18;1-2/h2-7H,18H2,1H3,(H,19,20);1H3. The lowest BCUT2D eigenvalue weighted by Gasteiger charge is -2.10. The molecular formula is C16H15BrFN3O2. The summed E-state index contributed by atoms with van der Waals surface area (Å²) in [7, 11) is 2.07. The highest BCUT2D eigenvalue weighted by Crippen LogP contribution is 2.26. The van der Waals surface area contributed by atoms with Gasteiger partial charge in [0.1, 0.15) is 5.75 Å². The monoisotopic (exact) mass is 379 g/mol. The lowest BCUT2D eigenvalue weighted by atomic mass is 10.1. The summed E-state index contributed by atoms with van der Waals surface area (Å²) in [6.45, 7) is 0. The van der Waals surface area contributed by atoms with Crippen LogP contribution in [0, 0.1) is 11.3 Å². The van der Waals surface area contributed by atoms with E-state index in [-0.39, 0.29) is 11.5 Å². The van der Waals surface area contributed by atoms with E-state index in [0.29, 0.717) is 34.3 Å². The molecule has 23 heavy (non-hydrogen) atoms. The predicted molar refractivity (Wildman–Crippen MR) is 91.2 cm³/mol. The summed E-state index contributed by atoms with van der Waals surface area (Å²) < 4.78 is 15.1. The van der Waals surface area contributed by atoms with E-state index < -0.39 is 0 Å². The van der Waals surface area contributed by atoms with Crippen molar-refractivity contribution >= 4 is 33.2 Å². The van der Waals surface area contributed by atoms with Crippen LogP contribution in [0.1, 0.15) is 15.9 Å². The molecule has 0 fully saturated rings. The van der Waals surface area contributed by atoms with Gasteiger partial charge < -0.3 is 15.8 Å². The van der Waals surface area contributed by atoms with Gasteiger partial charge in [0.25, 0.3) is 5.91 Å². The van der Waals surface area contributed by atoms with E-state index >= 15 is 0 Å². The smallest absolute Gasteiger partial charge is 0.257 e. The maximum absolute atomic E-state index is 12.3. The normalized spacial score (nSPS) is 9.17. The highest BCUT2D eigenvalue weighted by molar-refractivity contribution is 9.10. The van der Waals surface area contributed by atoms with Gasteiger partial charge in [-0.05, 0) is 52.3 Å². The number of benzene rings is 2. The Kier molecular flexibility index (Phi) is 7.03. The van der Waals surface area contributed by atoms with E-state index in [9.17, 15) is 9.18 Å². The summed E-state index contributed by atoms with van der Waals surface area (Å²) in [5.41, 5.74) is 7.38. The minimum absolute atomic E-state index is 0.247. The van der Waals surface area contributed by atoms with Gasteiger partial charge in [-0.3, -0.25) is 9.18 Å². The molecule has 0 aliphatic heterocycles. The fourth-order valence-electron chi connectivity index (χ4n) is 1.74. The molecule has 1 amide bonds. The van der Waals surface area contributed by atoms with Crippen molar-refractivity contribution in [2.45, 2.75) is 0 Å². The number of nitrogens with two attached hydrogens (primary N) is 1. The number of amides is 1. The largest absolute Gasteiger partial charge is 0.497 e. The zero-order valence-corrected chi connectivity index (χ0v) is 14.1. The molecule has 0 saturated carbocycles. The van der Waals surface area contributed by atoms with Crippen molar-refractivity contribution in [3.05, 3.63) is 52.0 Å². The third kappa shape index (κ3) is 4.69. The Morgan fingerprint density at radius 3 is 2.43 bits per heavy atom. The second-order valence-electron chi connectivity index (χ2n) is 4.21. The molecule has 7 heteroatoms. The van der Waals surface area contributed by atoms with Crippen molar-refractivity contribution in [3.8, 4) is 11.8 Å². The van der Waals surface area contributed by atoms with E-state index in [2.05, 4.69) is 21.2 Å². The molecule has 2 rings (SSSR count). The Bertz CT molecular complexity index is 727. The number of nitrogens with one attached hydrogen (secondary N) is 1. The molecule has 0 aromatic heterocycles. The third-order valence-corrected chi connectivity index (χ3v) is 3.51. The summed E-state index contributed by atoms with van der Waals surface area (Å²) in [5.74, 6) is 0.317. The first kappa shape index (κ1) is 18.5. The summed E-state index contributed by atoms with van der Waals surface area (Å²) in [4.78, 5) is 12.3. The number of ether oxygens (including phenoxy) is 1. The molecule has 0 spiro atoms. The molecule has 0 unspecified atom stereocenters. The quantitative estimate of drug-likeness (QED) is 0.794. The molecule has 0 aliphatic carbocycles. The van der Waals surface area contributed by atoms with Crippen molar-refractivity contribution in [2.75, 3.05) is 25.3 Å². The summed E-state index contributed by atoms with van der Waals surface area (Å²) in [6, 6.07) is 11.9. The predicted octanol–water partition coefficient (Wildman–Crippen LogP) is 3.75. The number of nitrogen functional groups attached to an aromatic ring is 1. The van der Waals surface area contributed by atoms with Gasteiger partial charge in [-0.15, -0.1) is 0 Å². The van der Waals surface area contributed by atoms with Crippen molar-refractivity contribution < 1.29 is 13.9 Å². The van der Waals surface area contributed by atoms with Gasteiger partial charge in [-0.1, -0.05) is 0 Å². The van der Waals surface area contributed by atoms with E-state index in [0.717, 1.165) is 0 Å². The highest BCUT2D eigenvalue weighted by atomic mass is 79.9. The maximum atomic E-state index is 12.3. The van der Waals surface area contributed by atoms with E-state index in [1.165, 1.54) is 6.07 Å². The van der Waals surface area contributed by atoms with Crippen LogP contribution in [0.25, 0.3) is 0 Å². The summed E-state index contributed by atoms with van der Waals surface area (Å²) >= 11 is 3.24. The van der Waals surface area contributed by atoms with Crippen LogP contribution in [-0.4, -0.2) is 20.2 Å². The van der Waals surface area contributed by atoms with Crippen LogP contribution in [0.2, 0.25) is 0 Å². The first-order valence-electron chi connectivity index (χ1n) is 6.37. The van der Waals surface area contributed by atoms with Crippen LogP contribution < -0.4 is 15.8 Å². The van der Waals surface area contributed by atoms with Crippen molar-refractivity contribution in [3.63, 3.8) is 0 Å². The van der Waals surface area contributed by atoms with E-state index in [1.807, 2.05) is 6.07 Å². The molecule has 0 saturated heterocycles. The fraction of sp³-hybridized carbons (Fsp3) is 0.125. The molecule has 0 atom stereocenters. The molecule has 2 aromatic carbocycles.